The number of nitrogens with zero attached hydrogens (tertiary/aromatic N) is 1. The minimum atomic E-state index is -3.91. The molecule has 1 aliphatic rings. The van der Waals surface area contributed by atoms with E-state index in [0.717, 1.165) is 6.07 Å². The molecule has 20 heavy (non-hydrogen) atoms. The first-order valence-corrected chi connectivity index (χ1v) is 8.17. The predicted octanol–water partition coefficient (Wildman–Crippen LogP) is 1.13. The second-order valence-corrected chi connectivity index (χ2v) is 7.26. The highest BCUT2D eigenvalue weighted by Gasteiger charge is 2.41. The molecule has 2 rings (SSSR count). The van der Waals surface area contributed by atoms with E-state index in [1.54, 1.807) is 0 Å². The van der Waals surface area contributed by atoms with Crippen LogP contribution in [-0.2, 0) is 10.0 Å². The monoisotopic (exact) mass is 367 g/mol. The Hall–Kier alpha value is -0.900. The number of hydrogen-bond acceptors (Lipinski definition) is 5. The van der Waals surface area contributed by atoms with Crippen LogP contribution in [0.1, 0.15) is 23.9 Å². The third-order valence-corrected chi connectivity index (χ3v) is 6.25. The first-order chi connectivity index (χ1) is 9.28. The number of sulfonamides is 1. The molecule has 9 heteroatoms. The van der Waals surface area contributed by atoms with Crippen LogP contribution in [0, 0.1) is 5.92 Å². The van der Waals surface area contributed by atoms with Crippen LogP contribution < -0.4 is 0 Å². The third kappa shape index (κ3) is 2.50. The maximum Gasteiger partial charge on any atom is 0.371 e. The molecule has 2 N–H and O–H groups in total. The summed E-state index contributed by atoms with van der Waals surface area (Å²) in [6, 6.07) is 0.467. The Balaban J connectivity index is 2.43. The number of carboxylic acids is 1. The number of aliphatic hydroxyl groups excluding tert-OH is 1. The van der Waals surface area contributed by atoms with Gasteiger partial charge in [0.25, 0.3) is 0 Å². The summed E-state index contributed by atoms with van der Waals surface area (Å²) in [5.74, 6) is -1.76. The van der Waals surface area contributed by atoms with Crippen molar-refractivity contribution in [3.63, 3.8) is 0 Å². The number of rotatable bonds is 4. The van der Waals surface area contributed by atoms with E-state index in [1.165, 1.54) is 4.31 Å². The molecule has 0 bridgehead atoms. The van der Waals surface area contributed by atoms with Crippen molar-refractivity contribution >= 4 is 31.9 Å². The van der Waals surface area contributed by atoms with Gasteiger partial charge < -0.3 is 14.6 Å². The van der Waals surface area contributed by atoms with E-state index in [-0.39, 0.29) is 28.6 Å². The molecule has 0 aliphatic carbocycles. The molecule has 0 amide bonds. The summed E-state index contributed by atoms with van der Waals surface area (Å²) in [6.45, 7) is 1.87. The van der Waals surface area contributed by atoms with E-state index in [0.29, 0.717) is 6.42 Å². The van der Waals surface area contributed by atoms with Gasteiger partial charge in [-0.25, -0.2) is 13.2 Å². The fraction of sp³-hybridized carbons (Fsp3) is 0.545. The fourth-order valence-electron chi connectivity index (χ4n) is 2.30. The zero-order valence-electron chi connectivity index (χ0n) is 10.6. The summed E-state index contributed by atoms with van der Waals surface area (Å²) in [6.07, 6.45) is 0.645. The topological polar surface area (TPSA) is 108 Å². The number of carbonyl (C=O) groups is 1. The van der Waals surface area contributed by atoms with Gasteiger partial charge in [0, 0.05) is 12.6 Å². The van der Waals surface area contributed by atoms with Crippen LogP contribution in [-0.4, -0.2) is 48.1 Å². The molecular formula is C11H14BrNO6S. The van der Waals surface area contributed by atoms with Crippen molar-refractivity contribution in [2.75, 3.05) is 13.2 Å². The van der Waals surface area contributed by atoms with E-state index in [2.05, 4.69) is 15.9 Å². The Labute approximate surface area is 124 Å². The van der Waals surface area contributed by atoms with Crippen molar-refractivity contribution in [2.24, 2.45) is 5.92 Å². The van der Waals surface area contributed by atoms with Gasteiger partial charge >= 0.3 is 5.97 Å². The summed E-state index contributed by atoms with van der Waals surface area (Å²) in [5.41, 5.74) is 0. The standard InChI is InChI=1S/C11H14BrNO6S/c1-6-2-3-13(7(6)5-14)20(17,18)9-4-8(11(15)16)19-10(9)12/h4,6-7,14H,2-3,5H2,1H3,(H,15,16). The Morgan fingerprint density at radius 2 is 2.25 bits per heavy atom. The molecule has 0 aromatic carbocycles. The van der Waals surface area contributed by atoms with Crippen molar-refractivity contribution in [3.05, 3.63) is 16.5 Å². The second-order valence-electron chi connectivity index (χ2n) is 4.69. The first-order valence-electron chi connectivity index (χ1n) is 5.94. The lowest BCUT2D eigenvalue weighted by Gasteiger charge is -2.23. The lowest BCUT2D eigenvalue weighted by atomic mass is 10.0. The van der Waals surface area contributed by atoms with Crippen LogP contribution in [0.4, 0.5) is 0 Å². The Morgan fingerprint density at radius 1 is 1.60 bits per heavy atom. The zero-order chi connectivity index (χ0) is 15.1. The maximum absolute atomic E-state index is 12.5. The van der Waals surface area contributed by atoms with Crippen LogP contribution >= 0.6 is 15.9 Å². The smallest absolute Gasteiger partial charge is 0.371 e. The third-order valence-electron chi connectivity index (χ3n) is 3.47. The highest BCUT2D eigenvalue weighted by Crippen LogP contribution is 2.34. The van der Waals surface area contributed by atoms with E-state index in [4.69, 9.17) is 9.52 Å². The lowest BCUT2D eigenvalue weighted by molar-refractivity contribution is 0.0661. The molecule has 1 aromatic heterocycles. The minimum absolute atomic E-state index is 0.0411. The summed E-state index contributed by atoms with van der Waals surface area (Å²) < 4.78 is 31.0. The first kappa shape index (κ1) is 15.5. The van der Waals surface area contributed by atoms with E-state index in [9.17, 15) is 18.3 Å². The van der Waals surface area contributed by atoms with Gasteiger partial charge in [0.1, 0.15) is 4.90 Å². The zero-order valence-corrected chi connectivity index (χ0v) is 13.0. The average Bonchev–Trinajstić information content (AvgIpc) is 2.92. The van der Waals surface area contributed by atoms with Crippen LogP contribution in [0.5, 0.6) is 0 Å². The minimum Gasteiger partial charge on any atom is -0.475 e. The quantitative estimate of drug-likeness (QED) is 0.825. The second kappa shape index (κ2) is 5.47. The number of aliphatic hydroxyl groups is 1. The summed E-state index contributed by atoms with van der Waals surface area (Å²) in [4.78, 5) is 10.6. The Morgan fingerprint density at radius 3 is 2.75 bits per heavy atom. The fourth-order valence-corrected chi connectivity index (χ4v) is 4.93. The van der Waals surface area contributed by atoms with E-state index < -0.39 is 27.8 Å². The Bertz CT molecular complexity index is 625. The molecule has 2 heterocycles. The maximum atomic E-state index is 12.5. The van der Waals surface area contributed by atoms with Crippen molar-refractivity contribution in [3.8, 4) is 0 Å². The highest BCUT2D eigenvalue weighted by molar-refractivity contribution is 9.10. The molecule has 2 atom stereocenters. The summed E-state index contributed by atoms with van der Waals surface area (Å²) >= 11 is 2.93. The normalized spacial score (nSPS) is 24.1. The van der Waals surface area contributed by atoms with Gasteiger partial charge in [-0.3, -0.25) is 0 Å². The van der Waals surface area contributed by atoms with Crippen molar-refractivity contribution in [1.29, 1.82) is 0 Å². The molecule has 0 spiro atoms. The molecule has 2 unspecified atom stereocenters. The van der Waals surface area contributed by atoms with Crippen LogP contribution in [0.15, 0.2) is 20.0 Å². The van der Waals surface area contributed by atoms with Crippen LogP contribution in [0.2, 0.25) is 0 Å². The van der Waals surface area contributed by atoms with Crippen molar-refractivity contribution in [1.82, 2.24) is 4.31 Å². The number of furan rings is 1. The molecule has 0 radical (unpaired) electrons. The van der Waals surface area contributed by atoms with Gasteiger partial charge in [0.2, 0.25) is 15.8 Å². The van der Waals surface area contributed by atoms with Gasteiger partial charge in [-0.15, -0.1) is 0 Å². The predicted molar refractivity (Wildman–Crippen MR) is 71.9 cm³/mol. The van der Waals surface area contributed by atoms with Gasteiger partial charge in [-0.1, -0.05) is 6.92 Å². The molecule has 1 aromatic rings. The Kier molecular flexibility index (Phi) is 4.24. The number of halogens is 1. The SMILES string of the molecule is CC1CCN(S(=O)(=O)c2cc(C(=O)O)oc2Br)C1CO. The molecule has 1 saturated heterocycles. The molecule has 0 saturated carbocycles. The number of hydrogen-bond donors (Lipinski definition) is 2. The molecule has 1 aliphatic heterocycles. The van der Waals surface area contributed by atoms with Gasteiger partial charge in [0.15, 0.2) is 4.67 Å². The molecule has 1 fully saturated rings. The van der Waals surface area contributed by atoms with Crippen LogP contribution in [0.25, 0.3) is 0 Å². The highest BCUT2D eigenvalue weighted by atomic mass is 79.9. The van der Waals surface area contributed by atoms with Gasteiger partial charge in [-0.2, -0.15) is 4.31 Å². The number of aromatic carboxylic acids is 1. The van der Waals surface area contributed by atoms with E-state index in [1.807, 2.05) is 6.92 Å². The average molecular weight is 368 g/mol. The van der Waals surface area contributed by atoms with Gasteiger partial charge in [-0.05, 0) is 28.3 Å². The lowest BCUT2D eigenvalue weighted by Crippen LogP contribution is -2.39. The molecule has 7 nitrogen and oxygen atoms in total. The van der Waals surface area contributed by atoms with Gasteiger partial charge in [0.05, 0.1) is 12.6 Å². The van der Waals surface area contributed by atoms with Crippen LogP contribution in [0.3, 0.4) is 0 Å². The molecular weight excluding hydrogens is 354 g/mol. The van der Waals surface area contributed by atoms with E-state index >= 15 is 0 Å². The van der Waals surface area contributed by atoms with Crippen molar-refractivity contribution in [2.45, 2.75) is 24.3 Å². The molecule has 112 valence electrons. The number of carboxylic acid groups (broad SMARTS) is 1. The largest absolute Gasteiger partial charge is 0.475 e. The summed E-state index contributed by atoms with van der Waals surface area (Å²) in [7, 11) is -3.91. The van der Waals surface area contributed by atoms with Crippen molar-refractivity contribution < 1.29 is 27.8 Å². The summed E-state index contributed by atoms with van der Waals surface area (Å²) in [5, 5.41) is 18.2.